The molecule has 0 saturated carbocycles. The highest BCUT2D eigenvalue weighted by Crippen LogP contribution is 2.35. The highest BCUT2D eigenvalue weighted by molar-refractivity contribution is 7.89. The number of ether oxygens (including phenoxy) is 1. The van der Waals surface area contributed by atoms with Crippen molar-refractivity contribution in [2.45, 2.75) is 50.5 Å². The summed E-state index contributed by atoms with van der Waals surface area (Å²) in [5, 5.41) is 5.79. The number of rotatable bonds is 6. The number of fused-ring (bicyclic) bond motifs is 1. The van der Waals surface area contributed by atoms with Gasteiger partial charge in [-0.3, -0.25) is 14.5 Å². The van der Waals surface area contributed by atoms with Crippen molar-refractivity contribution < 1.29 is 22.7 Å². The van der Waals surface area contributed by atoms with Crippen molar-refractivity contribution in [1.29, 1.82) is 0 Å². The number of hydrogen-bond donors (Lipinski definition) is 2. The molecule has 10 heteroatoms. The molecule has 0 aromatic heterocycles. The third kappa shape index (κ3) is 4.62. The predicted octanol–water partition coefficient (Wildman–Crippen LogP) is 1.33. The van der Waals surface area contributed by atoms with E-state index in [0.717, 1.165) is 19.5 Å². The van der Waals surface area contributed by atoms with Gasteiger partial charge in [-0.1, -0.05) is 6.92 Å². The second-order valence-electron chi connectivity index (χ2n) is 8.80. The number of sulfonamides is 1. The SMILES string of the molecule is CCN1CCCC1CNC(=O)C1CCN(S(=O)(=O)c2cc3c(cc2C)NC(=O)CO3)CC1. The van der Waals surface area contributed by atoms with E-state index in [1.165, 1.54) is 16.8 Å². The van der Waals surface area contributed by atoms with Crippen molar-refractivity contribution in [1.82, 2.24) is 14.5 Å². The van der Waals surface area contributed by atoms with Crippen LogP contribution >= 0.6 is 0 Å². The molecule has 2 N–H and O–H groups in total. The van der Waals surface area contributed by atoms with Crippen molar-refractivity contribution in [2.24, 2.45) is 5.92 Å². The summed E-state index contributed by atoms with van der Waals surface area (Å²) < 4.78 is 33.4. The van der Waals surface area contributed by atoms with E-state index >= 15 is 0 Å². The van der Waals surface area contributed by atoms with Crippen LogP contribution in [0.5, 0.6) is 5.75 Å². The highest BCUT2D eigenvalue weighted by Gasteiger charge is 2.34. The maximum absolute atomic E-state index is 13.3. The zero-order valence-electron chi connectivity index (χ0n) is 18.7. The number of carbonyl (C=O) groups is 2. The molecule has 4 rings (SSSR count). The van der Waals surface area contributed by atoms with E-state index in [9.17, 15) is 18.0 Å². The monoisotopic (exact) mass is 464 g/mol. The summed E-state index contributed by atoms with van der Waals surface area (Å²) in [5.41, 5.74) is 1.03. The lowest BCUT2D eigenvalue weighted by Gasteiger charge is -2.32. The first-order chi connectivity index (χ1) is 15.3. The number of amides is 2. The van der Waals surface area contributed by atoms with E-state index in [1.54, 1.807) is 13.0 Å². The predicted molar refractivity (Wildman–Crippen MR) is 120 cm³/mol. The van der Waals surface area contributed by atoms with Gasteiger partial charge in [-0.15, -0.1) is 0 Å². The fourth-order valence-electron chi connectivity index (χ4n) is 4.90. The Morgan fingerprint density at radius 1 is 1.22 bits per heavy atom. The van der Waals surface area contributed by atoms with Gasteiger partial charge in [-0.2, -0.15) is 4.31 Å². The van der Waals surface area contributed by atoms with Crippen LogP contribution in [0.15, 0.2) is 17.0 Å². The fourth-order valence-corrected chi connectivity index (χ4v) is 6.59. The molecule has 2 fully saturated rings. The van der Waals surface area contributed by atoms with Crippen LogP contribution in [0, 0.1) is 12.8 Å². The lowest BCUT2D eigenvalue weighted by Crippen LogP contribution is -2.46. The van der Waals surface area contributed by atoms with Crippen molar-refractivity contribution >= 4 is 27.5 Å². The Morgan fingerprint density at radius 2 is 1.97 bits per heavy atom. The van der Waals surface area contributed by atoms with Gasteiger partial charge in [0.1, 0.15) is 5.75 Å². The molecule has 2 saturated heterocycles. The van der Waals surface area contributed by atoms with Crippen LogP contribution in [0.25, 0.3) is 0 Å². The molecule has 0 aliphatic carbocycles. The van der Waals surface area contributed by atoms with Crippen LogP contribution in [0.4, 0.5) is 5.69 Å². The maximum atomic E-state index is 13.3. The van der Waals surface area contributed by atoms with E-state index in [-0.39, 0.29) is 29.2 Å². The quantitative estimate of drug-likeness (QED) is 0.658. The average molecular weight is 465 g/mol. The highest BCUT2D eigenvalue weighted by atomic mass is 32.2. The van der Waals surface area contributed by atoms with Crippen LogP contribution in [0.2, 0.25) is 0 Å². The molecule has 2 amide bonds. The van der Waals surface area contributed by atoms with Crippen molar-refractivity contribution in [2.75, 3.05) is 44.6 Å². The molecular formula is C22H32N4O5S. The zero-order chi connectivity index (χ0) is 22.9. The molecule has 1 unspecified atom stereocenters. The number of likely N-dealkylation sites (N-methyl/N-ethyl adjacent to an activating group) is 1. The Labute approximate surface area is 189 Å². The summed E-state index contributed by atoms with van der Waals surface area (Å²) in [5.74, 6) is -0.0422. The minimum absolute atomic E-state index is 0.0269. The third-order valence-electron chi connectivity index (χ3n) is 6.77. The molecule has 1 aromatic rings. The van der Waals surface area contributed by atoms with Gasteiger partial charge < -0.3 is 15.4 Å². The standard InChI is InChI=1S/C22H32N4O5S/c1-3-25-8-4-5-17(25)13-23-22(28)16-6-9-26(10-7-16)32(29,30)20-12-19-18(11-15(20)2)24-21(27)14-31-19/h11-12,16-17H,3-10,13-14H2,1-2H3,(H,23,28)(H,24,27). The molecular weight excluding hydrogens is 432 g/mol. The Hall–Kier alpha value is -2.17. The topological polar surface area (TPSA) is 108 Å². The number of likely N-dealkylation sites (tertiary alicyclic amines) is 1. The lowest BCUT2D eigenvalue weighted by molar-refractivity contribution is -0.126. The zero-order valence-corrected chi connectivity index (χ0v) is 19.5. The van der Waals surface area contributed by atoms with Gasteiger partial charge >= 0.3 is 0 Å². The molecule has 3 heterocycles. The van der Waals surface area contributed by atoms with E-state index in [4.69, 9.17) is 4.74 Å². The number of anilines is 1. The van der Waals surface area contributed by atoms with Crippen LogP contribution < -0.4 is 15.4 Å². The van der Waals surface area contributed by atoms with Gasteiger partial charge in [0.2, 0.25) is 15.9 Å². The molecule has 1 aromatic carbocycles. The van der Waals surface area contributed by atoms with Gasteiger partial charge in [0.15, 0.2) is 6.61 Å². The van der Waals surface area contributed by atoms with Crippen LogP contribution in [-0.2, 0) is 19.6 Å². The smallest absolute Gasteiger partial charge is 0.262 e. The largest absolute Gasteiger partial charge is 0.482 e. The lowest BCUT2D eigenvalue weighted by atomic mass is 9.97. The number of hydrogen-bond acceptors (Lipinski definition) is 6. The molecule has 1 atom stereocenters. The normalized spacial score (nSPS) is 22.8. The minimum Gasteiger partial charge on any atom is -0.482 e. The van der Waals surface area contributed by atoms with Gasteiger partial charge in [0, 0.05) is 37.7 Å². The minimum atomic E-state index is -3.72. The van der Waals surface area contributed by atoms with Gasteiger partial charge in [0.25, 0.3) is 5.91 Å². The Kier molecular flexibility index (Phi) is 6.73. The Balaban J connectivity index is 1.36. The second kappa shape index (κ2) is 9.36. The second-order valence-corrected chi connectivity index (χ2v) is 10.7. The third-order valence-corrected chi connectivity index (χ3v) is 8.81. The van der Waals surface area contributed by atoms with Crippen molar-refractivity contribution in [3.8, 4) is 5.75 Å². The van der Waals surface area contributed by atoms with Crippen LogP contribution in [-0.4, -0.2) is 74.8 Å². The first-order valence-corrected chi connectivity index (χ1v) is 12.8. The van der Waals surface area contributed by atoms with Gasteiger partial charge in [-0.05, 0) is 57.3 Å². The summed E-state index contributed by atoms with van der Waals surface area (Å²) in [6.45, 7) is 7.07. The average Bonchev–Trinajstić information content (AvgIpc) is 3.24. The van der Waals surface area contributed by atoms with E-state index < -0.39 is 10.0 Å². The summed E-state index contributed by atoms with van der Waals surface area (Å²) in [7, 11) is -3.72. The van der Waals surface area contributed by atoms with Gasteiger partial charge in [-0.25, -0.2) is 8.42 Å². The fraction of sp³-hybridized carbons (Fsp3) is 0.636. The maximum Gasteiger partial charge on any atom is 0.262 e. The number of nitrogens with zero attached hydrogens (tertiary/aromatic N) is 2. The summed E-state index contributed by atoms with van der Waals surface area (Å²) >= 11 is 0. The molecule has 3 aliphatic rings. The number of nitrogens with one attached hydrogen (secondary N) is 2. The molecule has 32 heavy (non-hydrogen) atoms. The molecule has 3 aliphatic heterocycles. The molecule has 9 nitrogen and oxygen atoms in total. The first-order valence-electron chi connectivity index (χ1n) is 11.4. The van der Waals surface area contributed by atoms with Crippen LogP contribution in [0.3, 0.4) is 0 Å². The molecule has 0 radical (unpaired) electrons. The van der Waals surface area contributed by atoms with Crippen molar-refractivity contribution in [3.05, 3.63) is 17.7 Å². The van der Waals surface area contributed by atoms with Gasteiger partial charge in [0.05, 0.1) is 10.6 Å². The number of benzene rings is 1. The van der Waals surface area contributed by atoms with Crippen molar-refractivity contribution in [3.63, 3.8) is 0 Å². The first kappa shape index (κ1) is 23.0. The Bertz CT molecular complexity index is 988. The van der Waals surface area contributed by atoms with E-state index in [0.29, 0.717) is 55.5 Å². The van der Waals surface area contributed by atoms with E-state index in [1.807, 2.05) is 0 Å². The number of piperidine rings is 1. The molecule has 0 bridgehead atoms. The number of carbonyl (C=O) groups excluding carboxylic acids is 2. The van der Waals surface area contributed by atoms with Crippen LogP contribution in [0.1, 0.15) is 38.2 Å². The summed E-state index contributed by atoms with van der Waals surface area (Å²) in [6, 6.07) is 3.52. The number of aryl methyl sites for hydroxylation is 1. The molecule has 176 valence electrons. The van der Waals surface area contributed by atoms with E-state index in [2.05, 4.69) is 22.5 Å². The Morgan fingerprint density at radius 3 is 2.69 bits per heavy atom. The molecule has 0 spiro atoms. The summed E-state index contributed by atoms with van der Waals surface area (Å²) in [4.78, 5) is 26.7. The summed E-state index contributed by atoms with van der Waals surface area (Å²) in [6.07, 6.45) is 3.29.